The number of benzene rings is 1. The van der Waals surface area contributed by atoms with Gasteiger partial charge in [-0.3, -0.25) is 5.32 Å². The van der Waals surface area contributed by atoms with Crippen LogP contribution in [0.25, 0.3) is 0 Å². The van der Waals surface area contributed by atoms with Crippen molar-refractivity contribution in [3.63, 3.8) is 0 Å². The highest BCUT2D eigenvalue weighted by Gasteiger charge is 2.25. The third-order valence-corrected chi connectivity index (χ3v) is 2.97. The van der Waals surface area contributed by atoms with Gasteiger partial charge < -0.3 is 0 Å². The molecule has 0 amide bonds. The molecule has 2 nitrogen and oxygen atoms in total. The van der Waals surface area contributed by atoms with Crippen LogP contribution in [0.15, 0.2) is 30.3 Å². The monoisotopic (exact) mass is 216 g/mol. The normalized spacial score (nSPS) is 14.1. The molecule has 1 atom stereocenters. The predicted molar refractivity (Wildman–Crippen MR) is 66.8 cm³/mol. The lowest BCUT2D eigenvalue weighted by Crippen LogP contribution is -2.42. The van der Waals surface area contributed by atoms with E-state index in [9.17, 15) is 5.26 Å². The van der Waals surface area contributed by atoms with Crippen LogP contribution in [0.4, 0.5) is 0 Å². The summed E-state index contributed by atoms with van der Waals surface area (Å²) in [6.07, 6.45) is 2.79. The molecule has 1 rings (SSSR count). The van der Waals surface area contributed by atoms with Gasteiger partial charge in [-0.15, -0.1) is 0 Å². The first-order chi connectivity index (χ1) is 7.76. The minimum Gasteiger partial charge on any atom is -0.295 e. The number of nitrogens with one attached hydrogen (secondary N) is 1. The van der Waals surface area contributed by atoms with Gasteiger partial charge in [-0.2, -0.15) is 5.26 Å². The standard InChI is InChI=1S/C14H20N2/c1-3-10-14(4-2,12-15)16-11-13-8-6-5-7-9-13/h5-9,16H,3-4,10-11H2,1-2H3. The molecule has 0 aromatic heterocycles. The van der Waals surface area contributed by atoms with E-state index in [0.717, 1.165) is 25.8 Å². The fraction of sp³-hybridized carbons (Fsp3) is 0.500. The van der Waals surface area contributed by atoms with Crippen LogP contribution in [0.5, 0.6) is 0 Å². The quantitative estimate of drug-likeness (QED) is 0.792. The average Bonchev–Trinajstić information content (AvgIpc) is 2.36. The van der Waals surface area contributed by atoms with E-state index in [1.807, 2.05) is 18.2 Å². The van der Waals surface area contributed by atoms with Crippen molar-refractivity contribution in [2.45, 2.75) is 45.2 Å². The van der Waals surface area contributed by atoms with Crippen molar-refractivity contribution in [2.24, 2.45) is 0 Å². The molecule has 0 saturated heterocycles. The summed E-state index contributed by atoms with van der Waals surface area (Å²) in [6, 6.07) is 12.6. The van der Waals surface area contributed by atoms with Crippen molar-refractivity contribution in [1.82, 2.24) is 5.32 Å². The number of rotatable bonds is 6. The van der Waals surface area contributed by atoms with E-state index in [1.54, 1.807) is 0 Å². The fourth-order valence-corrected chi connectivity index (χ4v) is 1.86. The third kappa shape index (κ3) is 3.36. The summed E-state index contributed by atoms with van der Waals surface area (Å²) < 4.78 is 0. The van der Waals surface area contributed by atoms with E-state index >= 15 is 0 Å². The van der Waals surface area contributed by atoms with Gasteiger partial charge in [-0.25, -0.2) is 0 Å². The molecule has 0 fully saturated rings. The van der Waals surface area contributed by atoms with Gasteiger partial charge in [0.25, 0.3) is 0 Å². The van der Waals surface area contributed by atoms with Gasteiger partial charge in [-0.1, -0.05) is 50.6 Å². The second kappa shape index (κ2) is 6.30. The highest BCUT2D eigenvalue weighted by atomic mass is 15.0. The van der Waals surface area contributed by atoms with Gasteiger partial charge in [0.2, 0.25) is 0 Å². The van der Waals surface area contributed by atoms with Gasteiger partial charge in [0.05, 0.1) is 6.07 Å². The lowest BCUT2D eigenvalue weighted by atomic mass is 9.92. The molecule has 16 heavy (non-hydrogen) atoms. The molecule has 0 aliphatic rings. The molecule has 1 unspecified atom stereocenters. The number of nitrogens with zero attached hydrogens (tertiary/aromatic N) is 1. The topological polar surface area (TPSA) is 35.8 Å². The van der Waals surface area contributed by atoms with Gasteiger partial charge in [0, 0.05) is 6.54 Å². The summed E-state index contributed by atoms with van der Waals surface area (Å²) >= 11 is 0. The third-order valence-electron chi connectivity index (χ3n) is 2.97. The van der Waals surface area contributed by atoms with Crippen molar-refractivity contribution in [3.8, 4) is 6.07 Å². The molecule has 86 valence electrons. The maximum atomic E-state index is 9.27. The Kier molecular flexibility index (Phi) is 5.01. The second-order valence-corrected chi connectivity index (χ2v) is 4.14. The number of hydrogen-bond acceptors (Lipinski definition) is 2. The van der Waals surface area contributed by atoms with Crippen LogP contribution in [-0.2, 0) is 6.54 Å². The molecule has 0 aliphatic carbocycles. The van der Waals surface area contributed by atoms with Crippen LogP contribution in [0.1, 0.15) is 38.7 Å². The first-order valence-electron chi connectivity index (χ1n) is 5.96. The summed E-state index contributed by atoms with van der Waals surface area (Å²) in [5.41, 5.74) is 0.872. The number of hydrogen-bond donors (Lipinski definition) is 1. The van der Waals surface area contributed by atoms with E-state index in [1.165, 1.54) is 5.56 Å². The van der Waals surface area contributed by atoms with E-state index in [4.69, 9.17) is 0 Å². The fourth-order valence-electron chi connectivity index (χ4n) is 1.86. The van der Waals surface area contributed by atoms with Crippen LogP contribution >= 0.6 is 0 Å². The molecule has 0 aliphatic heterocycles. The molecule has 2 heteroatoms. The maximum absolute atomic E-state index is 9.27. The zero-order valence-electron chi connectivity index (χ0n) is 10.2. The minimum absolute atomic E-state index is 0.357. The van der Waals surface area contributed by atoms with Crippen LogP contribution in [-0.4, -0.2) is 5.54 Å². The van der Waals surface area contributed by atoms with E-state index in [-0.39, 0.29) is 5.54 Å². The molecule has 1 aromatic carbocycles. The molecule has 1 N–H and O–H groups in total. The number of nitriles is 1. The van der Waals surface area contributed by atoms with Gasteiger partial charge in [0.1, 0.15) is 5.54 Å². The Labute approximate surface area is 98.3 Å². The SMILES string of the molecule is CCCC(C#N)(CC)NCc1ccccc1. The van der Waals surface area contributed by atoms with Crippen molar-refractivity contribution in [3.05, 3.63) is 35.9 Å². The lowest BCUT2D eigenvalue weighted by Gasteiger charge is -2.26. The Morgan fingerprint density at radius 1 is 1.25 bits per heavy atom. The van der Waals surface area contributed by atoms with Crippen LogP contribution in [0, 0.1) is 11.3 Å². The molecule has 1 aromatic rings. The highest BCUT2D eigenvalue weighted by molar-refractivity contribution is 5.16. The van der Waals surface area contributed by atoms with Gasteiger partial charge in [-0.05, 0) is 18.4 Å². The Bertz CT molecular complexity index is 340. The molecule has 0 saturated carbocycles. The molecular weight excluding hydrogens is 196 g/mol. The molecule has 0 spiro atoms. The van der Waals surface area contributed by atoms with Crippen molar-refractivity contribution < 1.29 is 0 Å². The zero-order chi connectivity index (χ0) is 11.9. The average molecular weight is 216 g/mol. The Morgan fingerprint density at radius 3 is 2.44 bits per heavy atom. The van der Waals surface area contributed by atoms with Crippen molar-refractivity contribution >= 4 is 0 Å². The lowest BCUT2D eigenvalue weighted by molar-refractivity contribution is 0.367. The summed E-state index contributed by atoms with van der Waals surface area (Å²) in [6.45, 7) is 4.95. The Balaban J connectivity index is 2.61. The predicted octanol–water partition coefficient (Wildman–Crippen LogP) is 3.25. The molecule has 0 bridgehead atoms. The largest absolute Gasteiger partial charge is 0.295 e. The first kappa shape index (κ1) is 12.7. The van der Waals surface area contributed by atoms with Gasteiger partial charge >= 0.3 is 0 Å². The molecule has 0 radical (unpaired) electrons. The minimum atomic E-state index is -0.357. The maximum Gasteiger partial charge on any atom is 0.106 e. The van der Waals surface area contributed by atoms with E-state index < -0.39 is 0 Å². The summed E-state index contributed by atoms with van der Waals surface area (Å²) in [5, 5.41) is 12.7. The first-order valence-corrected chi connectivity index (χ1v) is 5.96. The zero-order valence-corrected chi connectivity index (χ0v) is 10.2. The highest BCUT2D eigenvalue weighted by Crippen LogP contribution is 2.17. The Hall–Kier alpha value is -1.33. The van der Waals surface area contributed by atoms with E-state index in [0.29, 0.717) is 0 Å². The molecule has 0 heterocycles. The summed E-state index contributed by atoms with van der Waals surface area (Å²) in [5.74, 6) is 0. The van der Waals surface area contributed by atoms with Crippen LogP contribution in [0.2, 0.25) is 0 Å². The smallest absolute Gasteiger partial charge is 0.106 e. The van der Waals surface area contributed by atoms with E-state index in [2.05, 4.69) is 37.4 Å². The van der Waals surface area contributed by atoms with Crippen LogP contribution < -0.4 is 5.32 Å². The second-order valence-electron chi connectivity index (χ2n) is 4.14. The van der Waals surface area contributed by atoms with Crippen molar-refractivity contribution in [2.75, 3.05) is 0 Å². The Morgan fingerprint density at radius 2 is 1.94 bits per heavy atom. The summed E-state index contributed by atoms with van der Waals surface area (Å²) in [7, 11) is 0. The molecular formula is C14H20N2. The van der Waals surface area contributed by atoms with Crippen LogP contribution in [0.3, 0.4) is 0 Å². The summed E-state index contributed by atoms with van der Waals surface area (Å²) in [4.78, 5) is 0. The van der Waals surface area contributed by atoms with Crippen molar-refractivity contribution in [1.29, 1.82) is 5.26 Å². The van der Waals surface area contributed by atoms with Gasteiger partial charge in [0.15, 0.2) is 0 Å².